The molecule has 4 rings (SSSR count). The predicted octanol–water partition coefficient (Wildman–Crippen LogP) is 5.37. The Kier molecular flexibility index (Phi) is 10.3. The van der Waals surface area contributed by atoms with Crippen molar-refractivity contribution in [3.8, 4) is 5.75 Å². The van der Waals surface area contributed by atoms with Crippen LogP contribution in [0.4, 0.5) is 5.69 Å². The molecule has 3 aromatic rings. The first-order valence-corrected chi connectivity index (χ1v) is 16.0. The highest BCUT2D eigenvalue weighted by Gasteiger charge is 2.33. The maximum absolute atomic E-state index is 14.1. The quantitative estimate of drug-likeness (QED) is 0.305. The van der Waals surface area contributed by atoms with Gasteiger partial charge in [-0.3, -0.25) is 13.9 Å². The van der Waals surface area contributed by atoms with Crippen LogP contribution in [0.5, 0.6) is 5.75 Å². The number of aryl methyl sites for hydroxylation is 2. The highest BCUT2D eigenvalue weighted by atomic mass is 32.2. The summed E-state index contributed by atoms with van der Waals surface area (Å²) in [5.41, 5.74) is 3.21. The van der Waals surface area contributed by atoms with Crippen molar-refractivity contribution < 1.29 is 22.7 Å². The SMILES string of the molecule is CCOc1ccc(S(=O)(=O)N(CC(=O)N(Cc2cccc(C)c2)[C@@H](C)C(=O)NC2CCCC2)c2ccc(C)cc2)cc1. The van der Waals surface area contributed by atoms with E-state index in [4.69, 9.17) is 4.74 Å². The molecule has 0 heterocycles. The van der Waals surface area contributed by atoms with Crippen LogP contribution in [0, 0.1) is 13.8 Å². The summed E-state index contributed by atoms with van der Waals surface area (Å²) in [5, 5.41) is 3.10. The summed E-state index contributed by atoms with van der Waals surface area (Å²) in [5.74, 6) is -0.152. The molecule has 8 nitrogen and oxygen atoms in total. The van der Waals surface area contributed by atoms with Crippen LogP contribution in [-0.2, 0) is 26.2 Å². The molecule has 1 fully saturated rings. The van der Waals surface area contributed by atoms with Gasteiger partial charge in [0.1, 0.15) is 18.3 Å². The van der Waals surface area contributed by atoms with Crippen LogP contribution in [0.25, 0.3) is 0 Å². The Bertz CT molecular complexity index is 1470. The Morgan fingerprint density at radius 1 is 0.952 bits per heavy atom. The van der Waals surface area contributed by atoms with Gasteiger partial charge in [-0.05, 0) is 82.5 Å². The molecule has 1 saturated carbocycles. The van der Waals surface area contributed by atoms with E-state index in [1.807, 2.05) is 57.2 Å². The van der Waals surface area contributed by atoms with Crippen molar-refractivity contribution in [2.75, 3.05) is 17.5 Å². The van der Waals surface area contributed by atoms with E-state index in [0.29, 0.717) is 18.0 Å². The number of sulfonamides is 1. The molecular formula is C33H41N3O5S. The number of nitrogens with one attached hydrogen (secondary N) is 1. The fraction of sp³-hybridized carbons (Fsp3) is 0.394. The van der Waals surface area contributed by atoms with Gasteiger partial charge >= 0.3 is 0 Å². The van der Waals surface area contributed by atoms with E-state index in [1.165, 1.54) is 17.0 Å². The lowest BCUT2D eigenvalue weighted by atomic mass is 10.1. The number of ether oxygens (including phenoxy) is 1. The lowest BCUT2D eigenvalue weighted by Crippen LogP contribution is -2.52. The van der Waals surface area contributed by atoms with Crippen molar-refractivity contribution in [3.05, 3.63) is 89.5 Å². The van der Waals surface area contributed by atoms with E-state index in [-0.39, 0.29) is 23.4 Å². The van der Waals surface area contributed by atoms with Crippen molar-refractivity contribution in [3.63, 3.8) is 0 Å². The van der Waals surface area contributed by atoms with Gasteiger partial charge in [0.25, 0.3) is 10.0 Å². The molecule has 1 N–H and O–H groups in total. The highest BCUT2D eigenvalue weighted by molar-refractivity contribution is 7.92. The van der Waals surface area contributed by atoms with Gasteiger partial charge < -0.3 is 15.0 Å². The van der Waals surface area contributed by atoms with Gasteiger partial charge in [-0.15, -0.1) is 0 Å². The van der Waals surface area contributed by atoms with Crippen LogP contribution in [0.3, 0.4) is 0 Å². The number of nitrogens with zero attached hydrogens (tertiary/aromatic N) is 2. The van der Waals surface area contributed by atoms with Gasteiger partial charge in [-0.25, -0.2) is 8.42 Å². The molecule has 42 heavy (non-hydrogen) atoms. The van der Waals surface area contributed by atoms with Crippen molar-refractivity contribution in [1.29, 1.82) is 0 Å². The average molecular weight is 592 g/mol. The standard InChI is InChI=1S/C33H41N3O5S/c1-5-41-30-17-19-31(20-18-30)42(39,40)36(29-15-13-24(2)14-16-29)23-32(37)35(22-27-10-8-9-25(3)21-27)26(4)33(38)34-28-11-6-7-12-28/h8-10,13-21,26,28H,5-7,11-12,22-23H2,1-4H3,(H,34,38)/t26-/m0/s1. The van der Waals surface area contributed by atoms with Crippen molar-refractivity contribution in [2.24, 2.45) is 0 Å². The number of rotatable bonds is 12. The molecule has 0 unspecified atom stereocenters. The fourth-order valence-electron chi connectivity index (χ4n) is 5.22. The average Bonchev–Trinajstić information content (AvgIpc) is 3.48. The molecule has 0 saturated heterocycles. The monoisotopic (exact) mass is 591 g/mol. The molecule has 9 heteroatoms. The van der Waals surface area contributed by atoms with Gasteiger partial charge in [0, 0.05) is 12.6 Å². The largest absolute Gasteiger partial charge is 0.494 e. The summed E-state index contributed by atoms with van der Waals surface area (Å²) in [4.78, 5) is 29.0. The van der Waals surface area contributed by atoms with Crippen molar-refractivity contribution in [1.82, 2.24) is 10.2 Å². The summed E-state index contributed by atoms with van der Waals surface area (Å²) in [6, 6.07) is 20.2. The van der Waals surface area contributed by atoms with Gasteiger partial charge in [0.15, 0.2) is 0 Å². The maximum atomic E-state index is 14.1. The number of amides is 2. The molecule has 0 spiro atoms. The molecule has 0 aromatic heterocycles. The second kappa shape index (κ2) is 13.9. The second-order valence-corrected chi connectivity index (χ2v) is 12.8. The topological polar surface area (TPSA) is 96.0 Å². The predicted molar refractivity (Wildman–Crippen MR) is 165 cm³/mol. The lowest BCUT2D eigenvalue weighted by molar-refractivity contribution is -0.139. The normalized spacial score (nSPS) is 14.3. The number of hydrogen-bond donors (Lipinski definition) is 1. The molecule has 3 aromatic carbocycles. The zero-order valence-corrected chi connectivity index (χ0v) is 25.7. The Morgan fingerprint density at radius 3 is 2.24 bits per heavy atom. The minimum absolute atomic E-state index is 0.0385. The smallest absolute Gasteiger partial charge is 0.264 e. The number of carbonyl (C=O) groups is 2. The van der Waals surface area contributed by atoms with Crippen LogP contribution in [0.1, 0.15) is 56.2 Å². The molecule has 0 bridgehead atoms. The van der Waals surface area contributed by atoms with Gasteiger partial charge in [0.2, 0.25) is 11.8 Å². The Morgan fingerprint density at radius 2 is 1.62 bits per heavy atom. The maximum Gasteiger partial charge on any atom is 0.264 e. The molecule has 1 aliphatic carbocycles. The van der Waals surface area contributed by atoms with Crippen molar-refractivity contribution in [2.45, 2.75) is 76.9 Å². The summed E-state index contributed by atoms with van der Waals surface area (Å²) >= 11 is 0. The Balaban J connectivity index is 1.67. The molecule has 224 valence electrons. The van der Waals surface area contributed by atoms with Gasteiger partial charge in [-0.2, -0.15) is 0 Å². The summed E-state index contributed by atoms with van der Waals surface area (Å²) in [6.07, 6.45) is 3.98. The third-order valence-electron chi connectivity index (χ3n) is 7.63. The van der Waals surface area contributed by atoms with E-state index in [1.54, 1.807) is 31.2 Å². The molecule has 0 radical (unpaired) electrons. The van der Waals surface area contributed by atoms with Crippen molar-refractivity contribution >= 4 is 27.5 Å². The van der Waals surface area contributed by atoms with E-state index in [9.17, 15) is 18.0 Å². The minimum atomic E-state index is -4.14. The van der Waals surface area contributed by atoms with E-state index in [0.717, 1.165) is 46.7 Å². The second-order valence-electron chi connectivity index (χ2n) is 10.9. The Labute approximate surface area is 249 Å². The fourth-order valence-corrected chi connectivity index (χ4v) is 6.64. The van der Waals surface area contributed by atoms with Gasteiger partial charge in [0.05, 0.1) is 17.2 Å². The molecular weight excluding hydrogens is 550 g/mol. The lowest BCUT2D eigenvalue weighted by Gasteiger charge is -2.32. The first kappa shape index (κ1) is 31.1. The molecule has 0 aliphatic heterocycles. The third kappa shape index (κ3) is 7.70. The third-order valence-corrected chi connectivity index (χ3v) is 9.42. The minimum Gasteiger partial charge on any atom is -0.494 e. The molecule has 1 aliphatic rings. The number of carbonyl (C=O) groups excluding carboxylic acids is 2. The van der Waals surface area contributed by atoms with Crippen LogP contribution < -0.4 is 14.4 Å². The summed E-state index contributed by atoms with van der Waals surface area (Å²) in [6.45, 7) is 7.60. The van der Waals surface area contributed by atoms with Crippen LogP contribution in [0.15, 0.2) is 77.7 Å². The highest BCUT2D eigenvalue weighted by Crippen LogP contribution is 2.27. The number of benzene rings is 3. The van der Waals surface area contributed by atoms with Crippen LogP contribution in [-0.4, -0.2) is 50.4 Å². The van der Waals surface area contributed by atoms with E-state index >= 15 is 0 Å². The van der Waals surface area contributed by atoms with Crippen LogP contribution in [0.2, 0.25) is 0 Å². The van der Waals surface area contributed by atoms with E-state index in [2.05, 4.69) is 5.32 Å². The number of hydrogen-bond acceptors (Lipinski definition) is 5. The first-order chi connectivity index (χ1) is 20.1. The summed E-state index contributed by atoms with van der Waals surface area (Å²) < 4.78 is 34.6. The summed E-state index contributed by atoms with van der Waals surface area (Å²) in [7, 11) is -4.14. The van der Waals surface area contributed by atoms with Gasteiger partial charge in [-0.1, -0.05) is 60.4 Å². The zero-order valence-electron chi connectivity index (χ0n) is 24.9. The Hall–Kier alpha value is -3.85. The van der Waals surface area contributed by atoms with Crippen LogP contribution >= 0.6 is 0 Å². The zero-order chi connectivity index (χ0) is 30.3. The van der Waals surface area contributed by atoms with E-state index < -0.39 is 28.5 Å². The first-order valence-electron chi connectivity index (χ1n) is 14.6. The molecule has 2 amide bonds. The number of anilines is 1. The molecule has 1 atom stereocenters.